The lowest BCUT2D eigenvalue weighted by molar-refractivity contribution is 0.765. The number of aromatic amines is 1. The molecule has 0 spiro atoms. The fourth-order valence-electron chi connectivity index (χ4n) is 0.969. The third-order valence-electron chi connectivity index (χ3n) is 1.79. The summed E-state index contributed by atoms with van der Waals surface area (Å²) in [6.45, 7) is 0. The molecule has 2 rings (SSSR count). The second kappa shape index (κ2) is 3.77. The topological polar surface area (TPSA) is 89.6 Å². The minimum absolute atomic E-state index is 0.243. The summed E-state index contributed by atoms with van der Waals surface area (Å²) in [7, 11) is 1.64. The second-order valence-electron chi connectivity index (χ2n) is 2.90. The van der Waals surface area contributed by atoms with Crippen molar-refractivity contribution in [3.8, 4) is 0 Å². The van der Waals surface area contributed by atoms with Crippen molar-refractivity contribution in [2.75, 3.05) is 5.73 Å². The highest BCUT2D eigenvalue weighted by Gasteiger charge is 2.06. The Hall–Kier alpha value is -1.76. The summed E-state index contributed by atoms with van der Waals surface area (Å²) < 4.78 is 1.42. The maximum Gasteiger partial charge on any atom is 0.343 e. The van der Waals surface area contributed by atoms with E-state index in [-0.39, 0.29) is 5.69 Å². The summed E-state index contributed by atoms with van der Waals surface area (Å²) in [5.41, 5.74) is 5.87. The number of rotatable bonds is 2. The van der Waals surface area contributed by atoms with Crippen molar-refractivity contribution >= 4 is 17.4 Å². The maximum atomic E-state index is 11.1. The van der Waals surface area contributed by atoms with Gasteiger partial charge in [0.1, 0.15) is 5.03 Å². The molecule has 2 heterocycles. The lowest BCUT2D eigenvalue weighted by Crippen LogP contribution is -2.12. The van der Waals surface area contributed by atoms with Crippen molar-refractivity contribution in [2.45, 2.75) is 10.2 Å². The first-order chi connectivity index (χ1) is 7.16. The molecule has 0 bridgehead atoms. The van der Waals surface area contributed by atoms with Gasteiger partial charge in [0.05, 0.1) is 11.9 Å². The van der Waals surface area contributed by atoms with E-state index in [1.54, 1.807) is 25.4 Å². The predicted molar refractivity (Wildman–Crippen MR) is 56.6 cm³/mol. The van der Waals surface area contributed by atoms with Crippen LogP contribution in [-0.4, -0.2) is 19.7 Å². The minimum Gasteiger partial charge on any atom is -0.397 e. The molecule has 0 saturated carbocycles. The number of pyridine rings is 1. The highest BCUT2D eigenvalue weighted by molar-refractivity contribution is 7.99. The van der Waals surface area contributed by atoms with Crippen LogP contribution in [0.25, 0.3) is 0 Å². The van der Waals surface area contributed by atoms with Gasteiger partial charge >= 0.3 is 5.69 Å². The molecule has 0 aliphatic heterocycles. The zero-order valence-corrected chi connectivity index (χ0v) is 8.78. The van der Waals surface area contributed by atoms with Gasteiger partial charge in [-0.25, -0.2) is 14.9 Å². The van der Waals surface area contributed by atoms with Gasteiger partial charge in [0.15, 0.2) is 5.16 Å². The van der Waals surface area contributed by atoms with Gasteiger partial charge in [-0.15, -0.1) is 5.10 Å². The SMILES string of the molecule is Cn1c(Sc2ccc(N)cn2)n[nH]c1=O. The Balaban J connectivity index is 2.26. The molecule has 0 saturated heterocycles. The van der Waals surface area contributed by atoms with Crippen molar-refractivity contribution in [1.82, 2.24) is 19.7 Å². The number of nitrogens with zero attached hydrogens (tertiary/aromatic N) is 3. The van der Waals surface area contributed by atoms with Crippen LogP contribution in [0.1, 0.15) is 0 Å². The van der Waals surface area contributed by atoms with Gasteiger partial charge in [0.25, 0.3) is 0 Å². The van der Waals surface area contributed by atoms with Crippen LogP contribution < -0.4 is 11.4 Å². The smallest absolute Gasteiger partial charge is 0.343 e. The zero-order valence-electron chi connectivity index (χ0n) is 7.97. The van der Waals surface area contributed by atoms with Gasteiger partial charge < -0.3 is 5.73 Å². The van der Waals surface area contributed by atoms with Crippen LogP contribution in [0.5, 0.6) is 0 Å². The molecule has 78 valence electrons. The van der Waals surface area contributed by atoms with E-state index in [2.05, 4.69) is 15.2 Å². The number of hydrogen-bond acceptors (Lipinski definition) is 5. The monoisotopic (exact) mass is 223 g/mol. The molecule has 6 nitrogen and oxygen atoms in total. The Morgan fingerprint density at radius 2 is 2.33 bits per heavy atom. The standard InChI is InChI=1S/C8H9N5OS/c1-13-7(14)11-12-8(13)15-6-3-2-5(9)4-10-6/h2-4H,9H2,1H3,(H,11,14). The van der Waals surface area contributed by atoms with Crippen molar-refractivity contribution in [3.05, 3.63) is 28.8 Å². The molecule has 15 heavy (non-hydrogen) atoms. The highest BCUT2D eigenvalue weighted by Crippen LogP contribution is 2.22. The minimum atomic E-state index is -0.243. The van der Waals surface area contributed by atoms with Crippen LogP contribution in [0.2, 0.25) is 0 Å². The number of nitrogens with two attached hydrogens (primary N) is 1. The molecule has 0 fully saturated rings. The van der Waals surface area contributed by atoms with Gasteiger partial charge in [0.2, 0.25) is 0 Å². The lowest BCUT2D eigenvalue weighted by atomic mass is 10.4. The fourth-order valence-corrected chi connectivity index (χ4v) is 1.71. The summed E-state index contributed by atoms with van der Waals surface area (Å²) in [6, 6.07) is 3.53. The van der Waals surface area contributed by atoms with Crippen molar-refractivity contribution in [1.29, 1.82) is 0 Å². The Kier molecular flexibility index (Phi) is 2.46. The summed E-state index contributed by atoms with van der Waals surface area (Å²) >= 11 is 1.30. The summed E-state index contributed by atoms with van der Waals surface area (Å²) in [5.74, 6) is 0. The lowest BCUT2D eigenvalue weighted by Gasteiger charge is -1.98. The first-order valence-electron chi connectivity index (χ1n) is 4.17. The number of hydrogen-bond donors (Lipinski definition) is 2. The summed E-state index contributed by atoms with van der Waals surface area (Å²) in [5, 5.41) is 7.51. The second-order valence-corrected chi connectivity index (χ2v) is 3.89. The Morgan fingerprint density at radius 3 is 2.87 bits per heavy atom. The molecule has 0 amide bonds. The van der Waals surface area contributed by atoms with Gasteiger partial charge in [-0.05, 0) is 23.9 Å². The number of nitrogen functional groups attached to an aromatic ring is 1. The van der Waals surface area contributed by atoms with Crippen LogP contribution in [0.4, 0.5) is 5.69 Å². The number of aromatic nitrogens is 4. The van der Waals surface area contributed by atoms with E-state index in [0.717, 1.165) is 5.03 Å². The van der Waals surface area contributed by atoms with E-state index >= 15 is 0 Å². The van der Waals surface area contributed by atoms with E-state index in [1.807, 2.05) is 0 Å². The Morgan fingerprint density at radius 1 is 1.53 bits per heavy atom. The molecule has 2 aromatic heterocycles. The first-order valence-corrected chi connectivity index (χ1v) is 4.99. The zero-order chi connectivity index (χ0) is 10.8. The van der Waals surface area contributed by atoms with E-state index in [0.29, 0.717) is 10.8 Å². The normalized spacial score (nSPS) is 10.5. The maximum absolute atomic E-state index is 11.1. The predicted octanol–water partition coefficient (Wildman–Crippen LogP) is 0.237. The molecule has 0 radical (unpaired) electrons. The Labute approximate surface area is 89.5 Å². The number of anilines is 1. The van der Waals surface area contributed by atoms with E-state index in [4.69, 9.17) is 5.73 Å². The highest BCUT2D eigenvalue weighted by atomic mass is 32.2. The van der Waals surface area contributed by atoms with Crippen molar-refractivity contribution in [3.63, 3.8) is 0 Å². The molecule has 0 aromatic carbocycles. The number of H-pyrrole nitrogens is 1. The third-order valence-corrected chi connectivity index (χ3v) is 2.79. The molecule has 0 unspecified atom stereocenters. The molecule has 0 aliphatic carbocycles. The summed E-state index contributed by atoms with van der Waals surface area (Å²) in [6.07, 6.45) is 1.56. The average molecular weight is 223 g/mol. The molecule has 7 heteroatoms. The third kappa shape index (κ3) is 2.01. The average Bonchev–Trinajstić information content (AvgIpc) is 2.53. The van der Waals surface area contributed by atoms with Crippen LogP contribution in [0.3, 0.4) is 0 Å². The van der Waals surface area contributed by atoms with Crippen LogP contribution in [0, 0.1) is 0 Å². The molecular weight excluding hydrogens is 214 g/mol. The van der Waals surface area contributed by atoms with Gasteiger partial charge in [-0.3, -0.25) is 4.57 Å². The Bertz CT molecular complexity index is 515. The van der Waals surface area contributed by atoms with Crippen LogP contribution in [0.15, 0.2) is 33.3 Å². The van der Waals surface area contributed by atoms with Gasteiger partial charge in [-0.2, -0.15) is 0 Å². The van der Waals surface area contributed by atoms with Gasteiger partial charge in [-0.1, -0.05) is 0 Å². The van der Waals surface area contributed by atoms with Crippen molar-refractivity contribution in [2.24, 2.45) is 7.05 Å². The largest absolute Gasteiger partial charge is 0.397 e. The van der Waals surface area contributed by atoms with Crippen LogP contribution in [-0.2, 0) is 7.05 Å². The van der Waals surface area contributed by atoms with E-state index in [1.165, 1.54) is 16.3 Å². The van der Waals surface area contributed by atoms with E-state index < -0.39 is 0 Å². The number of nitrogens with one attached hydrogen (secondary N) is 1. The van der Waals surface area contributed by atoms with Crippen molar-refractivity contribution < 1.29 is 0 Å². The van der Waals surface area contributed by atoms with E-state index in [9.17, 15) is 4.79 Å². The first kappa shape index (κ1) is 9.78. The fraction of sp³-hybridized carbons (Fsp3) is 0.125. The molecule has 0 atom stereocenters. The molecular formula is C8H9N5OS. The quantitative estimate of drug-likeness (QED) is 0.761. The van der Waals surface area contributed by atoms with Gasteiger partial charge in [0, 0.05) is 7.05 Å². The molecule has 0 aliphatic rings. The molecule has 2 aromatic rings. The van der Waals surface area contributed by atoms with Crippen LogP contribution >= 0.6 is 11.8 Å². The molecule has 3 N–H and O–H groups in total. The summed E-state index contributed by atoms with van der Waals surface area (Å²) in [4.78, 5) is 15.2.